The van der Waals surface area contributed by atoms with Crippen LogP contribution in [-0.4, -0.2) is 25.9 Å². The Morgan fingerprint density at radius 2 is 2.11 bits per heavy atom. The number of pyridine rings is 1. The van der Waals surface area contributed by atoms with Crippen LogP contribution in [0.3, 0.4) is 0 Å². The Morgan fingerprint density at radius 1 is 1.50 bits per heavy atom. The van der Waals surface area contributed by atoms with Crippen molar-refractivity contribution in [3.63, 3.8) is 0 Å². The highest BCUT2D eigenvalue weighted by Crippen LogP contribution is 2.15. The van der Waals surface area contributed by atoms with E-state index >= 15 is 0 Å². The fourth-order valence-corrected chi connectivity index (χ4v) is 2.27. The van der Waals surface area contributed by atoms with Gasteiger partial charge >= 0.3 is 0 Å². The number of sulfonamides is 1. The predicted molar refractivity (Wildman–Crippen MR) is 66.8 cm³/mol. The second-order valence-electron chi connectivity index (χ2n) is 4.49. The summed E-state index contributed by atoms with van der Waals surface area (Å²) in [6.45, 7) is 3.02. The molecule has 0 unspecified atom stereocenters. The summed E-state index contributed by atoms with van der Waals surface area (Å²) in [6, 6.07) is 2.55. The minimum atomic E-state index is -3.73. The van der Waals surface area contributed by atoms with E-state index in [1.807, 2.05) is 0 Å². The highest BCUT2D eigenvalue weighted by Gasteiger charge is 2.27. The van der Waals surface area contributed by atoms with Crippen LogP contribution in [0.1, 0.15) is 13.8 Å². The van der Waals surface area contributed by atoms with Crippen LogP contribution in [0.25, 0.3) is 0 Å². The summed E-state index contributed by atoms with van der Waals surface area (Å²) in [5, 5.41) is 0. The first-order valence-corrected chi connectivity index (χ1v) is 6.64. The Labute approximate surface area is 106 Å². The number of nitrogens with zero attached hydrogens (tertiary/aromatic N) is 1. The van der Waals surface area contributed by atoms with Gasteiger partial charge in [-0.2, -0.15) is 0 Å². The van der Waals surface area contributed by atoms with Crippen molar-refractivity contribution in [1.82, 2.24) is 9.71 Å². The van der Waals surface area contributed by atoms with Gasteiger partial charge < -0.3 is 11.5 Å². The van der Waals surface area contributed by atoms with Gasteiger partial charge in [0.1, 0.15) is 5.82 Å². The van der Waals surface area contributed by atoms with Crippen LogP contribution >= 0.6 is 0 Å². The minimum absolute atomic E-state index is 0.00438. The number of rotatable bonds is 5. The fourth-order valence-electron chi connectivity index (χ4n) is 1.04. The average molecular weight is 272 g/mol. The van der Waals surface area contributed by atoms with Crippen molar-refractivity contribution in [3.05, 3.63) is 18.3 Å². The lowest BCUT2D eigenvalue weighted by atomic mass is 9.93. The Kier molecular flexibility index (Phi) is 3.92. The van der Waals surface area contributed by atoms with Crippen molar-refractivity contribution in [3.8, 4) is 0 Å². The quantitative estimate of drug-likeness (QED) is 0.662. The monoisotopic (exact) mass is 272 g/mol. The van der Waals surface area contributed by atoms with E-state index < -0.39 is 21.3 Å². The lowest BCUT2D eigenvalue weighted by Crippen LogP contribution is -2.42. The Balaban J connectivity index is 2.87. The van der Waals surface area contributed by atoms with Crippen LogP contribution in [0.15, 0.2) is 23.2 Å². The molecule has 0 saturated heterocycles. The molecule has 0 aliphatic carbocycles. The number of nitrogen functional groups attached to an aromatic ring is 1. The number of carbonyl (C=O) groups excluding carboxylic acids is 1. The van der Waals surface area contributed by atoms with Crippen LogP contribution in [0.4, 0.5) is 5.82 Å². The van der Waals surface area contributed by atoms with E-state index in [1.165, 1.54) is 18.3 Å². The molecule has 5 N–H and O–H groups in total. The molecule has 1 aromatic heterocycles. The third-order valence-corrected chi connectivity index (χ3v) is 3.83. The number of anilines is 1. The van der Waals surface area contributed by atoms with Gasteiger partial charge in [0.25, 0.3) is 0 Å². The molecule has 0 radical (unpaired) electrons. The summed E-state index contributed by atoms with van der Waals surface area (Å²) in [5.74, 6) is -0.480. The molecule has 0 spiro atoms. The summed E-state index contributed by atoms with van der Waals surface area (Å²) >= 11 is 0. The van der Waals surface area contributed by atoms with E-state index in [0.29, 0.717) is 0 Å². The van der Waals surface area contributed by atoms with E-state index in [4.69, 9.17) is 11.5 Å². The van der Waals surface area contributed by atoms with E-state index in [2.05, 4.69) is 9.71 Å². The third kappa shape index (κ3) is 3.41. The average Bonchev–Trinajstić information content (AvgIpc) is 2.26. The van der Waals surface area contributed by atoms with Gasteiger partial charge in [-0.05, 0) is 19.9 Å². The summed E-state index contributed by atoms with van der Waals surface area (Å²) in [4.78, 5) is 14.8. The molecule has 0 atom stereocenters. The van der Waals surface area contributed by atoms with Crippen molar-refractivity contribution >= 4 is 21.7 Å². The molecule has 1 heterocycles. The van der Waals surface area contributed by atoms with Crippen LogP contribution in [0, 0.1) is 5.41 Å². The Morgan fingerprint density at radius 3 is 2.61 bits per heavy atom. The largest absolute Gasteiger partial charge is 0.384 e. The van der Waals surface area contributed by atoms with Crippen molar-refractivity contribution in [2.45, 2.75) is 18.7 Å². The van der Waals surface area contributed by atoms with Gasteiger partial charge in [0, 0.05) is 18.8 Å². The number of aromatic nitrogens is 1. The normalized spacial score (nSPS) is 12.3. The van der Waals surface area contributed by atoms with Gasteiger partial charge in [0.2, 0.25) is 15.9 Å². The SMILES string of the molecule is CC(C)(CNS(=O)(=O)c1ccnc(N)c1)C(N)=O. The van der Waals surface area contributed by atoms with Gasteiger partial charge in [-0.1, -0.05) is 0 Å². The standard InChI is InChI=1S/C10H16N4O3S/c1-10(2,9(12)15)6-14-18(16,17)7-3-4-13-8(11)5-7/h3-5,14H,6H2,1-2H3,(H2,11,13)(H2,12,15). The molecule has 1 rings (SSSR count). The van der Waals surface area contributed by atoms with Gasteiger partial charge in [-0.15, -0.1) is 0 Å². The minimum Gasteiger partial charge on any atom is -0.384 e. The number of carbonyl (C=O) groups is 1. The maximum atomic E-state index is 11.9. The molecule has 0 bridgehead atoms. The number of hydrogen-bond donors (Lipinski definition) is 3. The summed E-state index contributed by atoms with van der Waals surface area (Å²) < 4.78 is 26.1. The van der Waals surface area contributed by atoms with Crippen molar-refractivity contribution in [2.75, 3.05) is 12.3 Å². The molecular weight excluding hydrogens is 256 g/mol. The van der Waals surface area contributed by atoms with Crippen LogP contribution < -0.4 is 16.2 Å². The molecular formula is C10H16N4O3S. The molecule has 100 valence electrons. The highest BCUT2D eigenvalue weighted by atomic mass is 32.2. The molecule has 0 aromatic carbocycles. The van der Waals surface area contributed by atoms with Gasteiger partial charge in [0.15, 0.2) is 0 Å². The molecule has 1 aromatic rings. The zero-order valence-electron chi connectivity index (χ0n) is 10.2. The summed E-state index contributed by atoms with van der Waals surface area (Å²) in [5.41, 5.74) is 9.60. The molecule has 7 nitrogen and oxygen atoms in total. The zero-order valence-corrected chi connectivity index (χ0v) is 11.0. The number of nitrogens with two attached hydrogens (primary N) is 2. The first kappa shape index (κ1) is 14.4. The second kappa shape index (κ2) is 4.91. The fraction of sp³-hybridized carbons (Fsp3) is 0.400. The predicted octanol–water partition coefficient (Wildman–Crippen LogP) is -0.546. The lowest BCUT2D eigenvalue weighted by molar-refractivity contribution is -0.125. The van der Waals surface area contributed by atoms with E-state index in [-0.39, 0.29) is 17.3 Å². The topological polar surface area (TPSA) is 128 Å². The van der Waals surface area contributed by atoms with Crippen LogP contribution in [0.5, 0.6) is 0 Å². The molecule has 0 fully saturated rings. The maximum absolute atomic E-state index is 11.9. The van der Waals surface area contributed by atoms with Crippen molar-refractivity contribution in [2.24, 2.45) is 11.1 Å². The summed E-state index contributed by atoms with van der Waals surface area (Å²) in [6.07, 6.45) is 1.29. The second-order valence-corrected chi connectivity index (χ2v) is 6.26. The van der Waals surface area contributed by atoms with Gasteiger partial charge in [-0.25, -0.2) is 18.1 Å². The third-order valence-electron chi connectivity index (χ3n) is 2.43. The Bertz CT molecular complexity index is 554. The molecule has 18 heavy (non-hydrogen) atoms. The number of primary amides is 1. The molecule has 0 aliphatic heterocycles. The maximum Gasteiger partial charge on any atom is 0.240 e. The van der Waals surface area contributed by atoms with Crippen LogP contribution in [0.2, 0.25) is 0 Å². The van der Waals surface area contributed by atoms with Gasteiger partial charge in [0.05, 0.1) is 10.3 Å². The van der Waals surface area contributed by atoms with E-state index in [0.717, 1.165) is 0 Å². The highest BCUT2D eigenvalue weighted by molar-refractivity contribution is 7.89. The smallest absolute Gasteiger partial charge is 0.240 e. The molecule has 1 amide bonds. The Hall–Kier alpha value is -1.67. The molecule has 8 heteroatoms. The number of nitrogens with one attached hydrogen (secondary N) is 1. The van der Waals surface area contributed by atoms with Crippen molar-refractivity contribution < 1.29 is 13.2 Å². The van der Waals surface area contributed by atoms with E-state index in [1.54, 1.807) is 13.8 Å². The first-order valence-electron chi connectivity index (χ1n) is 5.16. The zero-order chi connectivity index (χ0) is 14.0. The van der Waals surface area contributed by atoms with Gasteiger partial charge in [-0.3, -0.25) is 4.79 Å². The number of amides is 1. The lowest BCUT2D eigenvalue weighted by Gasteiger charge is -2.20. The number of hydrogen-bond acceptors (Lipinski definition) is 5. The molecule has 0 aliphatic rings. The summed E-state index contributed by atoms with van der Waals surface area (Å²) in [7, 11) is -3.73. The van der Waals surface area contributed by atoms with Crippen LogP contribution in [-0.2, 0) is 14.8 Å². The van der Waals surface area contributed by atoms with Crippen molar-refractivity contribution in [1.29, 1.82) is 0 Å². The van der Waals surface area contributed by atoms with E-state index in [9.17, 15) is 13.2 Å². The first-order chi connectivity index (χ1) is 8.15. The molecule has 0 saturated carbocycles.